The molecule has 2 aliphatic rings. The molecule has 7 nitrogen and oxygen atoms in total. The number of halogens is 1. The summed E-state index contributed by atoms with van der Waals surface area (Å²) in [4.78, 5) is 4.10. The number of nitrogens with zero attached hydrogens (tertiary/aromatic N) is 2. The molecule has 2 aromatic rings. The summed E-state index contributed by atoms with van der Waals surface area (Å²) >= 11 is 0. The zero-order valence-electron chi connectivity index (χ0n) is 23.1. The van der Waals surface area contributed by atoms with Crippen LogP contribution in [0.5, 0.6) is 0 Å². The second kappa shape index (κ2) is 12.7. The third kappa shape index (κ3) is 6.77. The quantitative estimate of drug-likeness (QED) is 0.230. The van der Waals surface area contributed by atoms with Gasteiger partial charge in [0.1, 0.15) is 17.7 Å². The highest BCUT2D eigenvalue weighted by molar-refractivity contribution is 7.89. The van der Waals surface area contributed by atoms with Gasteiger partial charge in [-0.05, 0) is 56.7 Å². The molecule has 2 saturated heterocycles. The molecule has 0 spiro atoms. The van der Waals surface area contributed by atoms with E-state index in [1.165, 1.54) is 4.31 Å². The number of allylic oxidation sites excluding steroid dienone is 1. The van der Waals surface area contributed by atoms with Gasteiger partial charge in [-0.2, -0.15) is 4.31 Å². The van der Waals surface area contributed by atoms with Gasteiger partial charge in [-0.1, -0.05) is 49.0 Å². The average molecular weight is 559 g/mol. The van der Waals surface area contributed by atoms with E-state index in [-0.39, 0.29) is 19.2 Å². The van der Waals surface area contributed by atoms with Gasteiger partial charge >= 0.3 is 0 Å². The number of benzene rings is 2. The summed E-state index contributed by atoms with van der Waals surface area (Å²) < 4.78 is 61.4. The summed E-state index contributed by atoms with van der Waals surface area (Å²) in [6.45, 7) is 9.01. The van der Waals surface area contributed by atoms with Crippen molar-refractivity contribution in [3.05, 3.63) is 83.4 Å². The van der Waals surface area contributed by atoms with Gasteiger partial charge in [-0.15, -0.1) is 0 Å². The number of hydrogen-bond acceptors (Lipinski definition) is 6. The molecule has 0 aromatic heterocycles. The predicted molar refractivity (Wildman–Crippen MR) is 151 cm³/mol. The summed E-state index contributed by atoms with van der Waals surface area (Å²) in [5.74, 6) is 0.540. The number of rotatable bonds is 9. The topological polar surface area (TPSA) is 77.4 Å². The van der Waals surface area contributed by atoms with Gasteiger partial charge in [-0.25, -0.2) is 12.8 Å². The maximum absolute atomic E-state index is 15.6. The molecule has 2 aromatic carbocycles. The molecule has 39 heavy (non-hydrogen) atoms. The third-order valence-corrected chi connectivity index (χ3v) is 10.2. The Bertz CT molecular complexity index is 1280. The molecule has 2 heterocycles. The largest absolute Gasteiger partial charge is 0.446 e. The fraction of sp³-hybridized carbons (Fsp3) is 0.500. The molecule has 0 amide bonds. The monoisotopic (exact) mass is 558 g/mol. The van der Waals surface area contributed by atoms with Crippen LogP contribution in [0.4, 0.5) is 4.39 Å². The van der Waals surface area contributed by atoms with Crippen molar-refractivity contribution >= 4 is 15.9 Å². The highest BCUT2D eigenvalue weighted by Crippen LogP contribution is 2.39. The fourth-order valence-corrected chi connectivity index (χ4v) is 7.67. The van der Waals surface area contributed by atoms with Crippen molar-refractivity contribution in [1.82, 2.24) is 4.31 Å². The van der Waals surface area contributed by atoms with Crippen molar-refractivity contribution < 1.29 is 27.0 Å². The van der Waals surface area contributed by atoms with Gasteiger partial charge in [0.05, 0.1) is 12.4 Å². The van der Waals surface area contributed by atoms with E-state index in [1.807, 2.05) is 43.3 Å². The first-order valence-electron chi connectivity index (χ1n) is 13.5. The highest BCUT2D eigenvalue weighted by Gasteiger charge is 2.41. The molecule has 0 radical (unpaired) electrons. The van der Waals surface area contributed by atoms with Crippen LogP contribution in [-0.2, 0) is 36.2 Å². The summed E-state index contributed by atoms with van der Waals surface area (Å²) in [7, 11) is -2.02. The van der Waals surface area contributed by atoms with E-state index in [4.69, 9.17) is 14.2 Å². The second-order valence-electron chi connectivity index (χ2n) is 10.5. The summed E-state index contributed by atoms with van der Waals surface area (Å²) in [6.07, 6.45) is 2.64. The van der Waals surface area contributed by atoms with Crippen LogP contribution in [0, 0.1) is 5.82 Å². The van der Waals surface area contributed by atoms with Gasteiger partial charge in [0.15, 0.2) is 0 Å². The Morgan fingerprint density at radius 3 is 2.54 bits per heavy atom. The number of hydrogen-bond donors (Lipinski definition) is 0. The number of ether oxygens (including phenoxy) is 3. The van der Waals surface area contributed by atoms with E-state index in [2.05, 4.69) is 11.6 Å². The van der Waals surface area contributed by atoms with E-state index in [9.17, 15) is 8.42 Å². The van der Waals surface area contributed by atoms with Crippen LogP contribution >= 0.6 is 0 Å². The molecule has 2 aliphatic heterocycles. The maximum Gasteiger partial charge on any atom is 0.221 e. The Morgan fingerprint density at radius 2 is 1.90 bits per heavy atom. The van der Waals surface area contributed by atoms with Crippen LogP contribution in [0.2, 0.25) is 0 Å². The zero-order chi connectivity index (χ0) is 28.0. The Labute approximate surface area is 231 Å². The van der Waals surface area contributed by atoms with E-state index in [0.717, 1.165) is 17.5 Å². The predicted octanol–water partition coefficient (Wildman–Crippen LogP) is 5.52. The Kier molecular flexibility index (Phi) is 9.59. The molecule has 2 fully saturated rings. The van der Waals surface area contributed by atoms with Crippen molar-refractivity contribution in [2.24, 2.45) is 4.99 Å². The van der Waals surface area contributed by atoms with Gasteiger partial charge in [0.2, 0.25) is 15.9 Å². The Balaban J connectivity index is 1.53. The first-order valence-corrected chi connectivity index (χ1v) is 15.0. The molecular weight excluding hydrogens is 519 g/mol. The third-order valence-electron chi connectivity index (χ3n) is 7.78. The second-order valence-corrected chi connectivity index (χ2v) is 12.6. The minimum absolute atomic E-state index is 0.000124. The molecule has 212 valence electrons. The summed E-state index contributed by atoms with van der Waals surface area (Å²) in [5, 5.41) is -0.620. The molecule has 0 saturated carbocycles. The molecular formula is C30H39FN2O5S. The molecule has 4 rings (SSSR count). The maximum atomic E-state index is 15.6. The van der Waals surface area contributed by atoms with Crippen LogP contribution in [0.1, 0.15) is 61.5 Å². The number of aliphatic imine (C=N–C) groups is 1. The van der Waals surface area contributed by atoms with Gasteiger partial charge in [0.25, 0.3) is 0 Å². The summed E-state index contributed by atoms with van der Waals surface area (Å²) in [6, 6.07) is 14.2. The lowest BCUT2D eigenvalue weighted by molar-refractivity contribution is 0.00664. The van der Waals surface area contributed by atoms with Crippen LogP contribution in [0.3, 0.4) is 0 Å². The van der Waals surface area contributed by atoms with Crippen LogP contribution in [-0.4, -0.2) is 58.1 Å². The molecule has 9 heteroatoms. The van der Waals surface area contributed by atoms with Crippen LogP contribution in [0.25, 0.3) is 0 Å². The van der Waals surface area contributed by atoms with Crippen molar-refractivity contribution in [3.63, 3.8) is 0 Å². The van der Waals surface area contributed by atoms with E-state index >= 15 is 4.39 Å². The van der Waals surface area contributed by atoms with Crippen molar-refractivity contribution in [2.75, 3.05) is 33.5 Å². The standard InChI is InChI=1S/C30H39FN2O5S/c1-22(2)38-29(32-4)20-37-21-30(14-16-36-17-15-30)26-12-11-25(27(31)18-26)19-33-23(3)10-13-28(39(33,34)35)24-8-6-5-7-9-24/h5-9,11-12,18,23,28H,1,10,13-17,19-21H2,2-4H3/t23-,28+/m0/s1. The van der Waals surface area contributed by atoms with Gasteiger partial charge < -0.3 is 14.2 Å². The smallest absolute Gasteiger partial charge is 0.221 e. The van der Waals surface area contributed by atoms with Crippen LogP contribution < -0.4 is 0 Å². The highest BCUT2D eigenvalue weighted by atomic mass is 32.2. The molecule has 0 aliphatic carbocycles. The Morgan fingerprint density at radius 1 is 1.18 bits per heavy atom. The summed E-state index contributed by atoms with van der Waals surface area (Å²) in [5.41, 5.74) is 1.53. The molecule has 0 N–H and O–H groups in total. The van der Waals surface area contributed by atoms with E-state index < -0.39 is 26.5 Å². The van der Waals surface area contributed by atoms with Crippen molar-refractivity contribution in [2.45, 2.75) is 62.8 Å². The minimum Gasteiger partial charge on any atom is -0.446 e. The van der Waals surface area contributed by atoms with E-state index in [0.29, 0.717) is 56.3 Å². The molecule has 2 atom stereocenters. The van der Waals surface area contributed by atoms with Gasteiger partial charge in [-0.3, -0.25) is 4.99 Å². The number of sulfonamides is 1. The fourth-order valence-electron chi connectivity index (χ4n) is 5.48. The Hall–Kier alpha value is -2.59. The lowest BCUT2D eigenvalue weighted by Gasteiger charge is -2.38. The zero-order valence-corrected chi connectivity index (χ0v) is 23.9. The first-order chi connectivity index (χ1) is 18.7. The molecule has 0 unspecified atom stereocenters. The lowest BCUT2D eigenvalue weighted by Crippen LogP contribution is -2.45. The average Bonchev–Trinajstić information content (AvgIpc) is 2.91. The first kappa shape index (κ1) is 29.4. The lowest BCUT2D eigenvalue weighted by atomic mass is 9.74. The van der Waals surface area contributed by atoms with E-state index in [1.54, 1.807) is 26.1 Å². The van der Waals surface area contributed by atoms with Crippen molar-refractivity contribution in [1.29, 1.82) is 0 Å². The van der Waals surface area contributed by atoms with Crippen LogP contribution in [0.15, 0.2) is 65.9 Å². The SMILES string of the molecule is C=C(C)OC(COCC1(c2ccc(CN3[C@@H](C)CC[C@H](c4ccccc4)S3(=O)=O)c(F)c2)CCOCC1)=NC. The van der Waals surface area contributed by atoms with Gasteiger partial charge in [0, 0.05) is 43.8 Å². The molecule has 0 bridgehead atoms. The minimum atomic E-state index is -3.65. The van der Waals surface area contributed by atoms with Crippen molar-refractivity contribution in [3.8, 4) is 0 Å². The normalized spacial score (nSPS) is 23.3.